The summed E-state index contributed by atoms with van der Waals surface area (Å²) in [6.07, 6.45) is 0. The molecule has 2 aromatic rings. The quantitative estimate of drug-likeness (QED) is 0.572. The minimum absolute atomic E-state index is 0.147. The van der Waals surface area contributed by atoms with E-state index < -0.39 is 7.80 Å². The Morgan fingerprint density at radius 2 is 1.33 bits per heavy atom. The molecule has 0 amide bonds. The first-order valence-corrected chi connectivity index (χ1v) is 11.2. The van der Waals surface area contributed by atoms with Crippen LogP contribution in [-0.4, -0.2) is 25.0 Å². The van der Waals surface area contributed by atoms with Gasteiger partial charge in [0.2, 0.25) is 0 Å². The summed E-state index contributed by atoms with van der Waals surface area (Å²) in [5, 5.41) is 0.913. The zero-order chi connectivity index (χ0) is 19.8. The number of rotatable bonds is 2. The molecule has 0 aromatic heterocycles. The summed E-state index contributed by atoms with van der Waals surface area (Å²) < 4.78 is 24.5. The van der Waals surface area contributed by atoms with E-state index in [4.69, 9.17) is 9.31 Å². The van der Waals surface area contributed by atoms with E-state index >= 15 is 0 Å². The summed E-state index contributed by atoms with van der Waals surface area (Å²) >= 11 is 0. The number of hydrogen-bond donors (Lipinski definition) is 0. The molecular formula is C22H27BO3P. The minimum Gasteiger partial charge on any atom is -0.399 e. The lowest BCUT2D eigenvalue weighted by Gasteiger charge is -2.32. The highest BCUT2D eigenvalue weighted by Crippen LogP contribution is 2.48. The Kier molecular flexibility index (Phi) is 4.03. The second kappa shape index (κ2) is 5.76. The molecule has 5 heteroatoms. The summed E-state index contributed by atoms with van der Waals surface area (Å²) in [4.78, 5) is 0. The van der Waals surface area contributed by atoms with Crippen LogP contribution in [0.4, 0.5) is 0 Å². The largest absolute Gasteiger partial charge is 0.494 e. The third kappa shape index (κ3) is 2.73. The van der Waals surface area contributed by atoms with Crippen molar-refractivity contribution >= 4 is 25.7 Å². The van der Waals surface area contributed by atoms with Crippen molar-refractivity contribution in [1.29, 1.82) is 0 Å². The first kappa shape index (κ1) is 18.9. The van der Waals surface area contributed by atoms with Crippen LogP contribution in [0.2, 0.25) is 0 Å². The van der Waals surface area contributed by atoms with Gasteiger partial charge in [0.1, 0.15) is 7.80 Å². The molecule has 1 heterocycles. The van der Waals surface area contributed by atoms with Crippen LogP contribution in [0.3, 0.4) is 0 Å². The van der Waals surface area contributed by atoms with Gasteiger partial charge in [0.05, 0.1) is 11.2 Å². The SMILES string of the molecule is C[P](=O)c1ccc2c(c1)C(C)(C)c1cc(B3OC(C)(C)C(C)(C)O3)ccc1-2. The van der Waals surface area contributed by atoms with E-state index in [0.717, 1.165) is 10.8 Å². The van der Waals surface area contributed by atoms with Crippen LogP contribution in [-0.2, 0) is 19.3 Å². The maximum absolute atomic E-state index is 12.0. The van der Waals surface area contributed by atoms with E-state index in [2.05, 4.69) is 71.9 Å². The van der Waals surface area contributed by atoms with E-state index in [1.54, 1.807) is 6.66 Å². The van der Waals surface area contributed by atoms with E-state index in [0.29, 0.717) is 0 Å². The topological polar surface area (TPSA) is 35.5 Å². The van der Waals surface area contributed by atoms with Gasteiger partial charge in [-0.1, -0.05) is 38.1 Å². The molecule has 1 aliphatic heterocycles. The van der Waals surface area contributed by atoms with Gasteiger partial charge < -0.3 is 9.31 Å². The van der Waals surface area contributed by atoms with Gasteiger partial charge in [0.25, 0.3) is 0 Å². The number of benzene rings is 2. The third-order valence-corrected chi connectivity index (χ3v) is 7.58. The van der Waals surface area contributed by atoms with Crippen LogP contribution >= 0.6 is 7.80 Å². The van der Waals surface area contributed by atoms with E-state index in [1.165, 1.54) is 22.3 Å². The average molecular weight is 381 g/mol. The fraction of sp³-hybridized carbons (Fsp3) is 0.455. The van der Waals surface area contributed by atoms with Crippen LogP contribution in [0.25, 0.3) is 11.1 Å². The summed E-state index contributed by atoms with van der Waals surface area (Å²) in [5.74, 6) is 0. The second-order valence-electron chi connectivity index (χ2n) is 9.25. The van der Waals surface area contributed by atoms with Gasteiger partial charge in [-0.25, -0.2) is 0 Å². The molecule has 0 spiro atoms. The van der Waals surface area contributed by atoms with Crippen molar-refractivity contribution in [3.8, 4) is 11.1 Å². The molecule has 1 unspecified atom stereocenters. The first-order valence-electron chi connectivity index (χ1n) is 9.50. The van der Waals surface area contributed by atoms with E-state index in [9.17, 15) is 4.57 Å². The molecule has 0 bridgehead atoms. The fourth-order valence-electron chi connectivity index (χ4n) is 4.06. The molecule has 1 aliphatic carbocycles. The molecule has 1 fully saturated rings. The van der Waals surface area contributed by atoms with Crippen molar-refractivity contribution in [3.05, 3.63) is 47.5 Å². The van der Waals surface area contributed by atoms with Gasteiger partial charge in [0, 0.05) is 17.4 Å². The number of fused-ring (bicyclic) bond motifs is 3. The second-order valence-corrected chi connectivity index (χ2v) is 10.8. The Bertz CT molecular complexity index is 946. The predicted octanol–water partition coefficient (Wildman–Crippen LogP) is 4.37. The van der Waals surface area contributed by atoms with Crippen LogP contribution in [0.15, 0.2) is 36.4 Å². The Morgan fingerprint density at radius 3 is 1.89 bits per heavy atom. The molecule has 1 saturated heterocycles. The lowest BCUT2D eigenvalue weighted by Crippen LogP contribution is -2.41. The van der Waals surface area contributed by atoms with E-state index in [1.807, 2.05) is 6.07 Å². The molecule has 2 aromatic carbocycles. The maximum atomic E-state index is 12.0. The van der Waals surface area contributed by atoms with Gasteiger partial charge >= 0.3 is 7.12 Å². The molecular weight excluding hydrogens is 354 g/mol. The molecule has 0 N–H and O–H groups in total. The lowest BCUT2D eigenvalue weighted by molar-refractivity contribution is 0.00578. The highest BCUT2D eigenvalue weighted by Gasteiger charge is 2.52. The summed E-state index contributed by atoms with van der Waals surface area (Å²) in [7, 11) is -1.71. The van der Waals surface area contributed by atoms with Crippen LogP contribution in [0.5, 0.6) is 0 Å². The zero-order valence-electron chi connectivity index (χ0n) is 17.2. The van der Waals surface area contributed by atoms with Gasteiger partial charge in [-0.3, -0.25) is 4.57 Å². The highest BCUT2D eigenvalue weighted by atomic mass is 31.1. The van der Waals surface area contributed by atoms with Crippen molar-refractivity contribution in [2.24, 2.45) is 0 Å². The molecule has 1 atom stereocenters. The van der Waals surface area contributed by atoms with Gasteiger partial charge in [-0.15, -0.1) is 0 Å². The molecule has 3 nitrogen and oxygen atoms in total. The Balaban J connectivity index is 1.78. The van der Waals surface area contributed by atoms with Crippen molar-refractivity contribution in [2.45, 2.75) is 58.2 Å². The molecule has 0 saturated carbocycles. The van der Waals surface area contributed by atoms with Crippen molar-refractivity contribution in [1.82, 2.24) is 0 Å². The van der Waals surface area contributed by atoms with Crippen LogP contribution < -0.4 is 10.8 Å². The normalized spacial score (nSPS) is 21.7. The van der Waals surface area contributed by atoms with Gasteiger partial charge in [0.15, 0.2) is 0 Å². The summed E-state index contributed by atoms with van der Waals surface area (Å²) in [5.41, 5.74) is 5.19. The summed E-state index contributed by atoms with van der Waals surface area (Å²) in [6.45, 7) is 14.5. The highest BCUT2D eigenvalue weighted by molar-refractivity contribution is 7.52. The van der Waals surface area contributed by atoms with Crippen molar-refractivity contribution < 1.29 is 13.9 Å². The van der Waals surface area contributed by atoms with Crippen LogP contribution in [0.1, 0.15) is 52.7 Å². The molecule has 1 radical (unpaired) electrons. The number of hydrogen-bond acceptors (Lipinski definition) is 3. The average Bonchev–Trinajstić information content (AvgIpc) is 2.94. The zero-order valence-corrected chi connectivity index (χ0v) is 18.1. The first-order chi connectivity index (χ1) is 12.4. The lowest BCUT2D eigenvalue weighted by atomic mass is 9.74. The third-order valence-electron chi connectivity index (χ3n) is 6.57. The molecule has 141 valence electrons. The predicted molar refractivity (Wildman–Crippen MR) is 113 cm³/mol. The minimum atomic E-state index is -1.34. The van der Waals surface area contributed by atoms with Gasteiger partial charge in [-0.2, -0.15) is 0 Å². The standard InChI is InChI=1S/C22H27BO3P/c1-20(2)18-12-14(23-25-21(3,4)22(5,6)26-23)8-10-16(18)17-11-9-15(27(7)24)13-19(17)20/h8-13H,1-7H3. The molecule has 4 rings (SSSR count). The molecule has 2 aliphatic rings. The van der Waals surface area contributed by atoms with E-state index in [-0.39, 0.29) is 23.7 Å². The van der Waals surface area contributed by atoms with Crippen LogP contribution in [0, 0.1) is 0 Å². The maximum Gasteiger partial charge on any atom is 0.494 e. The molecule has 27 heavy (non-hydrogen) atoms. The Morgan fingerprint density at radius 1 is 0.815 bits per heavy atom. The smallest absolute Gasteiger partial charge is 0.399 e. The fourth-order valence-corrected chi connectivity index (χ4v) is 4.66. The van der Waals surface area contributed by atoms with Gasteiger partial charge in [-0.05, 0) is 67.5 Å². The Labute approximate surface area is 163 Å². The van der Waals surface area contributed by atoms with Crippen molar-refractivity contribution in [3.63, 3.8) is 0 Å². The monoisotopic (exact) mass is 381 g/mol. The van der Waals surface area contributed by atoms with Crippen molar-refractivity contribution in [2.75, 3.05) is 6.66 Å². The summed E-state index contributed by atoms with van der Waals surface area (Å²) in [6, 6.07) is 12.7. The Hall–Kier alpha value is -1.48.